The minimum Gasteiger partial charge on any atom is -0.372 e. The smallest absolute Gasteiger partial charge is 0.206 e. The molecule has 0 atom stereocenters. The van der Waals surface area contributed by atoms with Crippen molar-refractivity contribution in [2.75, 3.05) is 24.5 Å². The number of anilines is 1. The molecular formula is C19H26N4S. The molecule has 0 N–H and O–H groups in total. The number of thiazole rings is 1. The highest BCUT2D eigenvalue weighted by Crippen LogP contribution is 2.14. The normalized spacial score (nSPS) is 12.1. The summed E-state index contributed by atoms with van der Waals surface area (Å²) in [6.45, 7) is 14.9. The van der Waals surface area contributed by atoms with Crippen LogP contribution in [0.1, 0.15) is 32.0 Å². The van der Waals surface area contributed by atoms with Crippen LogP contribution in [0, 0.1) is 6.92 Å². The van der Waals surface area contributed by atoms with Crippen LogP contribution in [-0.4, -0.2) is 30.5 Å². The third-order valence-electron chi connectivity index (χ3n) is 3.68. The van der Waals surface area contributed by atoms with Crippen LogP contribution < -0.4 is 9.70 Å². The molecule has 0 saturated heterocycles. The van der Waals surface area contributed by atoms with Gasteiger partial charge in [0.1, 0.15) is 0 Å². The molecule has 0 radical (unpaired) electrons. The van der Waals surface area contributed by atoms with Crippen LogP contribution in [0.15, 0.2) is 51.9 Å². The molecule has 128 valence electrons. The van der Waals surface area contributed by atoms with Crippen LogP contribution >= 0.6 is 11.3 Å². The fourth-order valence-corrected chi connectivity index (χ4v) is 3.13. The summed E-state index contributed by atoms with van der Waals surface area (Å²) < 4.78 is 1.88. The van der Waals surface area contributed by atoms with Crippen LogP contribution in [0.4, 0.5) is 5.69 Å². The van der Waals surface area contributed by atoms with Crippen molar-refractivity contribution in [2.24, 2.45) is 10.1 Å². The molecule has 1 aromatic heterocycles. The molecule has 1 aromatic carbocycles. The highest BCUT2D eigenvalue weighted by molar-refractivity contribution is 7.07. The van der Waals surface area contributed by atoms with E-state index in [1.807, 2.05) is 24.7 Å². The number of hydrogen-bond acceptors (Lipinski definition) is 4. The van der Waals surface area contributed by atoms with Gasteiger partial charge in [0, 0.05) is 24.2 Å². The summed E-state index contributed by atoms with van der Waals surface area (Å²) >= 11 is 1.60. The van der Waals surface area contributed by atoms with E-state index in [9.17, 15) is 0 Å². The van der Waals surface area contributed by atoms with Crippen molar-refractivity contribution in [2.45, 2.75) is 27.7 Å². The molecular weight excluding hydrogens is 316 g/mol. The summed E-state index contributed by atoms with van der Waals surface area (Å²) in [5, 5.41) is 6.66. The maximum Gasteiger partial charge on any atom is 0.206 e. The van der Waals surface area contributed by atoms with Gasteiger partial charge in [-0.3, -0.25) is 4.99 Å². The van der Waals surface area contributed by atoms with Crippen LogP contribution in [0.3, 0.4) is 0 Å². The molecule has 0 aliphatic carbocycles. The largest absolute Gasteiger partial charge is 0.372 e. The lowest BCUT2D eigenvalue weighted by atomic mass is 10.2. The van der Waals surface area contributed by atoms with E-state index in [2.05, 4.69) is 65.1 Å². The molecule has 4 nitrogen and oxygen atoms in total. The van der Waals surface area contributed by atoms with Gasteiger partial charge in [-0.2, -0.15) is 5.10 Å². The van der Waals surface area contributed by atoms with Gasteiger partial charge in [0.2, 0.25) is 4.80 Å². The summed E-state index contributed by atoms with van der Waals surface area (Å²) in [5.41, 5.74) is 4.45. The zero-order valence-corrected chi connectivity index (χ0v) is 15.8. The van der Waals surface area contributed by atoms with Crippen LogP contribution in [0.25, 0.3) is 0 Å². The Morgan fingerprint density at radius 3 is 2.50 bits per heavy atom. The third-order valence-corrected chi connectivity index (χ3v) is 4.65. The Balaban J connectivity index is 2.21. The lowest BCUT2D eigenvalue weighted by Gasteiger charge is -2.20. The van der Waals surface area contributed by atoms with Gasteiger partial charge in [-0.05, 0) is 45.4 Å². The van der Waals surface area contributed by atoms with Gasteiger partial charge < -0.3 is 4.90 Å². The Labute approximate surface area is 148 Å². The molecule has 2 aromatic rings. The van der Waals surface area contributed by atoms with Gasteiger partial charge in [0.05, 0.1) is 18.5 Å². The first-order valence-electron chi connectivity index (χ1n) is 8.26. The van der Waals surface area contributed by atoms with Crippen molar-refractivity contribution < 1.29 is 0 Å². The van der Waals surface area contributed by atoms with Gasteiger partial charge >= 0.3 is 0 Å². The maximum atomic E-state index is 4.59. The van der Waals surface area contributed by atoms with Crippen LogP contribution in [0.2, 0.25) is 0 Å². The molecule has 5 heteroatoms. The van der Waals surface area contributed by atoms with E-state index in [4.69, 9.17) is 0 Å². The number of aryl methyl sites for hydroxylation is 1. The summed E-state index contributed by atoms with van der Waals surface area (Å²) in [4.78, 5) is 7.78. The lowest BCUT2D eigenvalue weighted by Crippen LogP contribution is -2.21. The minimum absolute atomic E-state index is 0.633. The number of hydrogen-bond donors (Lipinski definition) is 0. The van der Waals surface area contributed by atoms with E-state index in [-0.39, 0.29) is 0 Å². The van der Waals surface area contributed by atoms with E-state index in [0.717, 1.165) is 34.7 Å². The first-order valence-corrected chi connectivity index (χ1v) is 9.14. The van der Waals surface area contributed by atoms with Crippen molar-refractivity contribution in [1.29, 1.82) is 0 Å². The van der Waals surface area contributed by atoms with Crippen LogP contribution in [0.5, 0.6) is 0 Å². The van der Waals surface area contributed by atoms with Gasteiger partial charge in [0.15, 0.2) is 0 Å². The predicted molar refractivity (Wildman–Crippen MR) is 105 cm³/mol. The SMILES string of the molecule is C=C(C)CN=c1scc(C)n1N=Cc1ccc(N(CC)CC)cc1. The molecule has 2 rings (SSSR count). The fraction of sp³-hybridized carbons (Fsp3) is 0.368. The fourth-order valence-electron chi connectivity index (χ4n) is 2.32. The molecule has 24 heavy (non-hydrogen) atoms. The van der Waals surface area contributed by atoms with E-state index in [1.54, 1.807) is 11.3 Å². The predicted octanol–water partition coefficient (Wildman–Crippen LogP) is 4.06. The average Bonchev–Trinajstić information content (AvgIpc) is 2.93. The molecule has 0 aliphatic heterocycles. The Bertz CT molecular complexity index is 761. The van der Waals surface area contributed by atoms with Gasteiger partial charge in [-0.1, -0.05) is 24.3 Å². The zero-order valence-electron chi connectivity index (χ0n) is 15.0. The quantitative estimate of drug-likeness (QED) is 0.552. The molecule has 0 aliphatic rings. The second-order valence-electron chi connectivity index (χ2n) is 5.75. The average molecular weight is 343 g/mol. The number of nitrogens with zero attached hydrogens (tertiary/aromatic N) is 4. The van der Waals surface area contributed by atoms with Crippen molar-refractivity contribution >= 4 is 23.2 Å². The first-order chi connectivity index (χ1) is 11.5. The first kappa shape index (κ1) is 18.2. The molecule has 0 amide bonds. The van der Waals surface area contributed by atoms with Crippen molar-refractivity contribution in [3.8, 4) is 0 Å². The minimum atomic E-state index is 0.633. The van der Waals surface area contributed by atoms with E-state index >= 15 is 0 Å². The zero-order chi connectivity index (χ0) is 17.5. The second kappa shape index (κ2) is 8.64. The highest BCUT2D eigenvalue weighted by Gasteiger charge is 2.01. The van der Waals surface area contributed by atoms with Crippen molar-refractivity contribution in [3.63, 3.8) is 0 Å². The maximum absolute atomic E-state index is 4.59. The number of rotatable bonds is 7. The Hall–Kier alpha value is -2.14. The molecule has 0 spiro atoms. The topological polar surface area (TPSA) is 32.9 Å². The van der Waals surface area contributed by atoms with Gasteiger partial charge in [-0.25, -0.2) is 4.68 Å². The van der Waals surface area contributed by atoms with Gasteiger partial charge in [-0.15, -0.1) is 11.3 Å². The second-order valence-corrected chi connectivity index (χ2v) is 6.59. The van der Waals surface area contributed by atoms with Crippen molar-refractivity contribution in [3.05, 3.63) is 57.9 Å². The summed E-state index contributed by atoms with van der Waals surface area (Å²) in [6.07, 6.45) is 1.88. The summed E-state index contributed by atoms with van der Waals surface area (Å²) in [5.74, 6) is 0. The Kier molecular flexibility index (Phi) is 6.55. The third kappa shape index (κ3) is 4.68. The molecule has 1 heterocycles. The lowest BCUT2D eigenvalue weighted by molar-refractivity contribution is 0.796. The molecule has 0 unspecified atom stereocenters. The van der Waals surface area contributed by atoms with Gasteiger partial charge in [0.25, 0.3) is 0 Å². The monoisotopic (exact) mass is 342 g/mol. The highest BCUT2D eigenvalue weighted by atomic mass is 32.1. The molecule has 0 saturated carbocycles. The van der Waals surface area contributed by atoms with Crippen molar-refractivity contribution in [1.82, 2.24) is 4.68 Å². The van der Waals surface area contributed by atoms with Crippen LogP contribution in [-0.2, 0) is 0 Å². The van der Waals surface area contributed by atoms with E-state index in [0.29, 0.717) is 6.54 Å². The molecule has 0 bridgehead atoms. The Morgan fingerprint density at radius 1 is 1.25 bits per heavy atom. The summed E-state index contributed by atoms with van der Waals surface area (Å²) in [7, 11) is 0. The molecule has 0 fully saturated rings. The van der Waals surface area contributed by atoms with E-state index < -0.39 is 0 Å². The Morgan fingerprint density at radius 2 is 1.92 bits per heavy atom. The standard InChI is InChI=1S/C19H26N4S/c1-6-22(7-2)18-10-8-17(9-11-18)13-21-23-16(5)14-24-19(23)20-12-15(3)4/h8-11,13-14H,3,6-7,12H2,1-2,4-5H3. The number of benzene rings is 1. The van der Waals surface area contributed by atoms with E-state index in [1.165, 1.54) is 5.69 Å². The number of aromatic nitrogens is 1. The summed E-state index contributed by atoms with van der Waals surface area (Å²) in [6, 6.07) is 8.49.